The second-order valence-corrected chi connectivity index (χ2v) is 5.80. The number of nitrogens with two attached hydrogens (primary N) is 1. The number of hydrogen-bond acceptors (Lipinski definition) is 4. The molecule has 0 unspecified atom stereocenters. The molecule has 0 fully saturated rings. The summed E-state index contributed by atoms with van der Waals surface area (Å²) in [5, 5.41) is 0. The zero-order valence-electron chi connectivity index (χ0n) is 12.7. The third kappa shape index (κ3) is 2.74. The maximum absolute atomic E-state index is 6.00. The molecule has 2 N–H and O–H groups in total. The molecule has 0 bridgehead atoms. The summed E-state index contributed by atoms with van der Waals surface area (Å²) in [7, 11) is 2.07. The van der Waals surface area contributed by atoms with Crippen LogP contribution in [-0.2, 0) is 0 Å². The molecular weight excluding hydrogens is 224 g/mol. The van der Waals surface area contributed by atoms with Crippen LogP contribution in [0.15, 0.2) is 0 Å². The van der Waals surface area contributed by atoms with E-state index in [1.165, 1.54) is 0 Å². The number of hydrogen-bond donors (Lipinski definition) is 1. The van der Waals surface area contributed by atoms with Crippen LogP contribution < -0.4 is 10.6 Å². The Morgan fingerprint density at radius 1 is 1.28 bits per heavy atom. The van der Waals surface area contributed by atoms with Crippen molar-refractivity contribution in [3.05, 3.63) is 11.4 Å². The first-order valence-corrected chi connectivity index (χ1v) is 6.58. The van der Waals surface area contributed by atoms with E-state index in [1.807, 2.05) is 6.92 Å². The van der Waals surface area contributed by atoms with E-state index < -0.39 is 0 Å². The third-order valence-electron chi connectivity index (χ3n) is 3.78. The van der Waals surface area contributed by atoms with Gasteiger partial charge in [-0.1, -0.05) is 20.8 Å². The van der Waals surface area contributed by atoms with Gasteiger partial charge >= 0.3 is 0 Å². The molecule has 4 heteroatoms. The summed E-state index contributed by atoms with van der Waals surface area (Å²) in [6.07, 6.45) is 1.05. The van der Waals surface area contributed by atoms with Gasteiger partial charge in [-0.15, -0.1) is 0 Å². The van der Waals surface area contributed by atoms with E-state index in [1.54, 1.807) is 0 Å². The van der Waals surface area contributed by atoms with Crippen molar-refractivity contribution in [1.82, 2.24) is 9.97 Å². The van der Waals surface area contributed by atoms with E-state index in [4.69, 9.17) is 5.73 Å². The van der Waals surface area contributed by atoms with Crippen LogP contribution in [0.5, 0.6) is 0 Å². The molecule has 1 rings (SSSR count). The summed E-state index contributed by atoms with van der Waals surface area (Å²) in [6.45, 7) is 12.7. The van der Waals surface area contributed by atoms with Crippen molar-refractivity contribution in [1.29, 1.82) is 0 Å². The molecule has 0 amide bonds. The van der Waals surface area contributed by atoms with Crippen LogP contribution in [-0.4, -0.2) is 22.6 Å². The van der Waals surface area contributed by atoms with Crippen molar-refractivity contribution in [2.24, 2.45) is 0 Å². The molecule has 0 aliphatic rings. The van der Waals surface area contributed by atoms with Crippen molar-refractivity contribution in [2.45, 2.75) is 59.4 Å². The zero-order chi connectivity index (χ0) is 14.1. The molecule has 4 nitrogen and oxygen atoms in total. The molecule has 0 aliphatic carbocycles. The minimum Gasteiger partial charge on any atom is -0.383 e. The van der Waals surface area contributed by atoms with Crippen molar-refractivity contribution in [3.63, 3.8) is 0 Å². The fourth-order valence-corrected chi connectivity index (χ4v) is 1.65. The summed E-state index contributed by atoms with van der Waals surface area (Å²) >= 11 is 0. The molecule has 0 saturated carbocycles. The van der Waals surface area contributed by atoms with E-state index in [0.717, 1.165) is 23.6 Å². The summed E-state index contributed by atoms with van der Waals surface area (Å²) in [4.78, 5) is 11.2. The van der Waals surface area contributed by atoms with Gasteiger partial charge in [-0.3, -0.25) is 0 Å². The Morgan fingerprint density at radius 2 is 1.83 bits per heavy atom. The van der Waals surface area contributed by atoms with E-state index in [2.05, 4.69) is 56.5 Å². The highest BCUT2D eigenvalue weighted by atomic mass is 15.2. The highest BCUT2D eigenvalue weighted by molar-refractivity contribution is 5.57. The van der Waals surface area contributed by atoms with Gasteiger partial charge in [0, 0.05) is 24.1 Å². The topological polar surface area (TPSA) is 55.0 Å². The highest BCUT2D eigenvalue weighted by Crippen LogP contribution is 2.29. The molecule has 1 aromatic heterocycles. The Labute approximate surface area is 111 Å². The molecule has 0 aromatic carbocycles. The van der Waals surface area contributed by atoms with Crippen LogP contribution in [0, 0.1) is 6.92 Å². The van der Waals surface area contributed by atoms with Gasteiger partial charge in [-0.05, 0) is 27.2 Å². The van der Waals surface area contributed by atoms with Gasteiger partial charge in [0.25, 0.3) is 0 Å². The molecule has 102 valence electrons. The number of nitrogens with zero attached hydrogens (tertiary/aromatic N) is 3. The summed E-state index contributed by atoms with van der Waals surface area (Å²) in [6, 6.07) is 0. The van der Waals surface area contributed by atoms with Crippen molar-refractivity contribution < 1.29 is 0 Å². The van der Waals surface area contributed by atoms with Gasteiger partial charge in [0.1, 0.15) is 17.5 Å². The minimum atomic E-state index is 0.0554. The predicted octanol–water partition coefficient (Wildman–Crippen LogP) is 3.12. The fraction of sp³-hybridized carbons (Fsp3) is 0.714. The van der Waals surface area contributed by atoms with E-state index in [9.17, 15) is 0 Å². The predicted molar refractivity (Wildman–Crippen MR) is 78.0 cm³/mol. The van der Waals surface area contributed by atoms with Gasteiger partial charge in [0.05, 0.1) is 0 Å². The van der Waals surface area contributed by atoms with Gasteiger partial charge < -0.3 is 10.6 Å². The molecule has 0 radical (unpaired) electrons. The number of anilines is 2. The normalized spacial score (nSPS) is 12.0. The average Bonchev–Trinajstić information content (AvgIpc) is 2.31. The Bertz CT molecular complexity index is 424. The van der Waals surface area contributed by atoms with Crippen LogP contribution in [0.1, 0.15) is 58.3 Å². The van der Waals surface area contributed by atoms with Gasteiger partial charge in [0.2, 0.25) is 0 Å². The first kappa shape index (κ1) is 14.7. The molecule has 0 atom stereocenters. The fourth-order valence-electron chi connectivity index (χ4n) is 1.65. The molecule has 0 spiro atoms. The standard InChI is InChI=1S/C14H26N4/c1-8-14(5,6)18(7)13-10(4)11(15)16-12(17-13)9(2)3/h9H,8H2,1-7H3,(H2,15,16,17). The monoisotopic (exact) mass is 250 g/mol. The van der Waals surface area contributed by atoms with E-state index >= 15 is 0 Å². The van der Waals surface area contributed by atoms with Gasteiger partial charge in [0.15, 0.2) is 0 Å². The van der Waals surface area contributed by atoms with Gasteiger partial charge in [-0.2, -0.15) is 0 Å². The molecule has 1 aromatic rings. The molecule has 0 aliphatic heterocycles. The number of aromatic nitrogens is 2. The van der Waals surface area contributed by atoms with Crippen LogP contribution in [0.2, 0.25) is 0 Å². The van der Waals surface area contributed by atoms with E-state index in [-0.39, 0.29) is 11.5 Å². The zero-order valence-corrected chi connectivity index (χ0v) is 12.7. The highest BCUT2D eigenvalue weighted by Gasteiger charge is 2.25. The summed E-state index contributed by atoms with van der Waals surface area (Å²) in [5.41, 5.74) is 7.02. The maximum atomic E-state index is 6.00. The smallest absolute Gasteiger partial charge is 0.137 e. The Hall–Kier alpha value is -1.32. The van der Waals surface area contributed by atoms with Gasteiger partial charge in [-0.25, -0.2) is 9.97 Å². The number of rotatable bonds is 4. The van der Waals surface area contributed by atoms with Crippen molar-refractivity contribution in [3.8, 4) is 0 Å². The van der Waals surface area contributed by atoms with E-state index in [0.29, 0.717) is 5.82 Å². The SMILES string of the molecule is CCC(C)(C)N(C)c1nc(C(C)C)nc(N)c1C. The second-order valence-electron chi connectivity index (χ2n) is 5.80. The lowest BCUT2D eigenvalue weighted by Gasteiger charge is -2.37. The van der Waals surface area contributed by atoms with Crippen molar-refractivity contribution in [2.75, 3.05) is 17.7 Å². The van der Waals surface area contributed by atoms with Crippen molar-refractivity contribution >= 4 is 11.6 Å². The Balaban J connectivity index is 3.31. The maximum Gasteiger partial charge on any atom is 0.137 e. The number of nitrogen functional groups attached to an aromatic ring is 1. The molecule has 18 heavy (non-hydrogen) atoms. The molecular formula is C14H26N4. The second kappa shape index (κ2) is 5.12. The van der Waals surface area contributed by atoms with Crippen LogP contribution in [0.4, 0.5) is 11.6 Å². The largest absolute Gasteiger partial charge is 0.383 e. The molecule has 1 heterocycles. The third-order valence-corrected chi connectivity index (χ3v) is 3.78. The lowest BCUT2D eigenvalue weighted by molar-refractivity contribution is 0.465. The Morgan fingerprint density at radius 3 is 2.28 bits per heavy atom. The lowest BCUT2D eigenvalue weighted by Crippen LogP contribution is -2.41. The summed E-state index contributed by atoms with van der Waals surface area (Å²) < 4.78 is 0. The quantitative estimate of drug-likeness (QED) is 0.892. The van der Waals surface area contributed by atoms with Crippen LogP contribution >= 0.6 is 0 Å². The average molecular weight is 250 g/mol. The lowest BCUT2D eigenvalue weighted by atomic mass is 9.99. The first-order chi connectivity index (χ1) is 8.20. The Kier molecular flexibility index (Phi) is 4.20. The van der Waals surface area contributed by atoms with Crippen LogP contribution in [0.25, 0.3) is 0 Å². The minimum absolute atomic E-state index is 0.0554. The van der Waals surface area contributed by atoms with Crippen LogP contribution in [0.3, 0.4) is 0 Å². The first-order valence-electron chi connectivity index (χ1n) is 6.58. The molecule has 0 saturated heterocycles. The summed E-state index contributed by atoms with van der Waals surface area (Å²) in [5.74, 6) is 2.62.